The molecule has 136 valence electrons. The molecule has 0 aliphatic heterocycles. The predicted octanol–water partition coefficient (Wildman–Crippen LogP) is 5.57. The van der Waals surface area contributed by atoms with E-state index in [-0.39, 0.29) is 17.2 Å². The summed E-state index contributed by atoms with van der Waals surface area (Å²) in [4.78, 5) is 0. The molecule has 0 unspecified atom stereocenters. The SMILES string of the molecule is COc1ccc(F)c(C(C)(C)c2cc(F)c(C(C)C)c(OC)c2)c1F. The van der Waals surface area contributed by atoms with Crippen molar-refractivity contribution in [1.82, 2.24) is 0 Å². The van der Waals surface area contributed by atoms with Crippen LogP contribution in [0.2, 0.25) is 0 Å². The molecule has 5 heteroatoms. The molecule has 0 amide bonds. The van der Waals surface area contributed by atoms with Crippen LogP contribution in [0.15, 0.2) is 24.3 Å². The summed E-state index contributed by atoms with van der Waals surface area (Å²) in [5.74, 6) is -1.74. The van der Waals surface area contributed by atoms with Crippen molar-refractivity contribution >= 4 is 0 Å². The Hall–Kier alpha value is -2.17. The first-order valence-electron chi connectivity index (χ1n) is 8.05. The van der Waals surface area contributed by atoms with Gasteiger partial charge in [0.25, 0.3) is 0 Å². The summed E-state index contributed by atoms with van der Waals surface area (Å²) >= 11 is 0. The van der Waals surface area contributed by atoms with Crippen molar-refractivity contribution in [3.05, 3.63) is 58.4 Å². The molecule has 2 aromatic rings. The summed E-state index contributed by atoms with van der Waals surface area (Å²) in [5, 5.41) is 0. The van der Waals surface area contributed by atoms with Crippen LogP contribution in [0.3, 0.4) is 0 Å². The first kappa shape index (κ1) is 19.2. The predicted molar refractivity (Wildman–Crippen MR) is 92.1 cm³/mol. The minimum Gasteiger partial charge on any atom is -0.496 e. The number of benzene rings is 2. The third-order valence-corrected chi connectivity index (χ3v) is 4.51. The van der Waals surface area contributed by atoms with Crippen LogP contribution in [0, 0.1) is 17.5 Å². The number of ether oxygens (including phenoxy) is 2. The van der Waals surface area contributed by atoms with Crippen LogP contribution < -0.4 is 9.47 Å². The van der Waals surface area contributed by atoms with E-state index >= 15 is 0 Å². The van der Waals surface area contributed by atoms with Gasteiger partial charge in [-0.25, -0.2) is 13.2 Å². The standard InChI is InChI=1S/C20H23F3O2/c1-11(2)17-14(22)9-12(10-16(17)25-6)20(3,4)18-13(21)7-8-15(24-5)19(18)23/h7-11H,1-6H3. The molecule has 0 bridgehead atoms. The van der Waals surface area contributed by atoms with Crippen LogP contribution in [0.1, 0.15) is 50.3 Å². The average Bonchev–Trinajstić information content (AvgIpc) is 2.53. The maximum atomic E-state index is 14.7. The Kier molecular flexibility index (Phi) is 5.35. The van der Waals surface area contributed by atoms with Gasteiger partial charge in [-0.05, 0) is 35.7 Å². The van der Waals surface area contributed by atoms with Crippen LogP contribution in [0.25, 0.3) is 0 Å². The Balaban J connectivity index is 2.71. The molecule has 2 nitrogen and oxygen atoms in total. The van der Waals surface area contributed by atoms with Crippen molar-refractivity contribution in [1.29, 1.82) is 0 Å². The maximum absolute atomic E-state index is 14.7. The number of methoxy groups -OCH3 is 2. The lowest BCUT2D eigenvalue weighted by Gasteiger charge is -2.29. The van der Waals surface area contributed by atoms with Crippen molar-refractivity contribution in [2.45, 2.75) is 39.0 Å². The zero-order valence-corrected chi connectivity index (χ0v) is 15.3. The molecule has 0 radical (unpaired) electrons. The van der Waals surface area contributed by atoms with Gasteiger partial charge in [-0.1, -0.05) is 27.7 Å². The Morgan fingerprint density at radius 3 is 2.00 bits per heavy atom. The summed E-state index contributed by atoms with van der Waals surface area (Å²) in [6.45, 7) is 6.98. The quantitative estimate of drug-likeness (QED) is 0.700. The van der Waals surface area contributed by atoms with E-state index in [9.17, 15) is 13.2 Å². The van der Waals surface area contributed by atoms with E-state index in [4.69, 9.17) is 9.47 Å². The Morgan fingerprint density at radius 2 is 1.48 bits per heavy atom. The van der Waals surface area contributed by atoms with Gasteiger partial charge in [0.1, 0.15) is 17.4 Å². The molecule has 0 aliphatic carbocycles. The van der Waals surface area contributed by atoms with Crippen molar-refractivity contribution in [3.8, 4) is 11.5 Å². The highest BCUT2D eigenvalue weighted by molar-refractivity contribution is 5.49. The molecule has 0 saturated heterocycles. The summed E-state index contributed by atoms with van der Waals surface area (Å²) in [6.07, 6.45) is 0. The smallest absolute Gasteiger partial charge is 0.172 e. The molecule has 0 N–H and O–H groups in total. The molecular formula is C20H23F3O2. The van der Waals surface area contributed by atoms with E-state index in [0.29, 0.717) is 16.9 Å². The normalized spacial score (nSPS) is 11.8. The highest BCUT2D eigenvalue weighted by Gasteiger charge is 2.33. The molecule has 0 atom stereocenters. The topological polar surface area (TPSA) is 18.5 Å². The Labute approximate surface area is 146 Å². The van der Waals surface area contributed by atoms with Gasteiger partial charge in [-0.3, -0.25) is 0 Å². The van der Waals surface area contributed by atoms with Crippen molar-refractivity contribution < 1.29 is 22.6 Å². The molecule has 0 fully saturated rings. The molecule has 0 heterocycles. The van der Waals surface area contributed by atoms with Crippen LogP contribution >= 0.6 is 0 Å². The third kappa shape index (κ3) is 3.32. The zero-order valence-electron chi connectivity index (χ0n) is 15.3. The van der Waals surface area contributed by atoms with Crippen LogP contribution in [-0.2, 0) is 5.41 Å². The lowest BCUT2D eigenvalue weighted by atomic mass is 9.76. The van der Waals surface area contributed by atoms with Crippen LogP contribution in [0.4, 0.5) is 13.2 Å². The molecule has 0 aromatic heterocycles. The molecule has 2 aromatic carbocycles. The van der Waals surface area contributed by atoms with Gasteiger partial charge in [0, 0.05) is 16.5 Å². The molecular weight excluding hydrogens is 329 g/mol. The van der Waals surface area contributed by atoms with Gasteiger partial charge in [-0.2, -0.15) is 0 Å². The number of hydrogen-bond acceptors (Lipinski definition) is 2. The summed E-state index contributed by atoms with van der Waals surface area (Å²) < 4.78 is 54.0. The summed E-state index contributed by atoms with van der Waals surface area (Å²) in [7, 11) is 2.76. The summed E-state index contributed by atoms with van der Waals surface area (Å²) in [5.41, 5.74) is -0.455. The second-order valence-electron chi connectivity index (χ2n) is 6.79. The fourth-order valence-electron chi connectivity index (χ4n) is 3.09. The first-order chi connectivity index (χ1) is 11.6. The van der Waals surface area contributed by atoms with Gasteiger partial charge in [0.15, 0.2) is 11.6 Å². The first-order valence-corrected chi connectivity index (χ1v) is 8.05. The minimum absolute atomic E-state index is 0.0595. The van der Waals surface area contributed by atoms with E-state index in [2.05, 4.69) is 0 Å². The summed E-state index contributed by atoms with van der Waals surface area (Å²) in [6, 6.07) is 5.33. The number of halogens is 3. The fraction of sp³-hybridized carbons (Fsp3) is 0.400. The van der Waals surface area contributed by atoms with Gasteiger partial charge in [0.05, 0.1) is 14.2 Å². The minimum atomic E-state index is -1.13. The second-order valence-corrected chi connectivity index (χ2v) is 6.79. The molecule has 0 saturated carbocycles. The van der Waals surface area contributed by atoms with E-state index in [1.54, 1.807) is 19.9 Å². The zero-order chi connectivity index (χ0) is 18.9. The van der Waals surface area contributed by atoms with Gasteiger partial charge >= 0.3 is 0 Å². The number of hydrogen-bond donors (Lipinski definition) is 0. The molecule has 0 spiro atoms. The Morgan fingerprint density at radius 1 is 0.880 bits per heavy atom. The average molecular weight is 352 g/mol. The second kappa shape index (κ2) is 6.98. The molecule has 25 heavy (non-hydrogen) atoms. The largest absolute Gasteiger partial charge is 0.496 e. The Bertz CT molecular complexity index is 783. The highest BCUT2D eigenvalue weighted by atomic mass is 19.1. The van der Waals surface area contributed by atoms with Gasteiger partial charge < -0.3 is 9.47 Å². The molecule has 0 aliphatic rings. The van der Waals surface area contributed by atoms with Crippen molar-refractivity contribution in [2.24, 2.45) is 0 Å². The van der Waals surface area contributed by atoms with Crippen molar-refractivity contribution in [3.63, 3.8) is 0 Å². The lowest BCUT2D eigenvalue weighted by molar-refractivity contribution is 0.373. The van der Waals surface area contributed by atoms with E-state index in [0.717, 1.165) is 6.07 Å². The lowest BCUT2D eigenvalue weighted by Crippen LogP contribution is -2.23. The van der Waals surface area contributed by atoms with E-state index in [1.165, 1.54) is 26.4 Å². The van der Waals surface area contributed by atoms with Gasteiger partial charge in [0.2, 0.25) is 0 Å². The van der Waals surface area contributed by atoms with Crippen molar-refractivity contribution in [2.75, 3.05) is 14.2 Å². The van der Waals surface area contributed by atoms with E-state index in [1.807, 2.05) is 13.8 Å². The van der Waals surface area contributed by atoms with Gasteiger partial charge in [-0.15, -0.1) is 0 Å². The van der Waals surface area contributed by atoms with Crippen LogP contribution in [0.5, 0.6) is 11.5 Å². The van der Waals surface area contributed by atoms with Crippen LogP contribution in [-0.4, -0.2) is 14.2 Å². The fourth-order valence-corrected chi connectivity index (χ4v) is 3.09. The number of rotatable bonds is 5. The maximum Gasteiger partial charge on any atom is 0.172 e. The monoisotopic (exact) mass is 352 g/mol. The molecule has 2 rings (SSSR count). The van der Waals surface area contributed by atoms with E-state index < -0.39 is 22.9 Å². The third-order valence-electron chi connectivity index (χ3n) is 4.51. The highest BCUT2D eigenvalue weighted by Crippen LogP contribution is 2.41.